The molecule has 0 spiro atoms. The van der Waals surface area contributed by atoms with Crippen molar-refractivity contribution in [3.63, 3.8) is 0 Å². The van der Waals surface area contributed by atoms with E-state index >= 15 is 0 Å². The van der Waals surface area contributed by atoms with E-state index < -0.39 is 5.60 Å². The van der Waals surface area contributed by atoms with E-state index in [-0.39, 0.29) is 12.1 Å². The van der Waals surface area contributed by atoms with E-state index in [0.29, 0.717) is 13.1 Å². The van der Waals surface area contributed by atoms with Gasteiger partial charge in [0, 0.05) is 31.9 Å². The van der Waals surface area contributed by atoms with Crippen molar-refractivity contribution in [3.05, 3.63) is 35.4 Å². The highest BCUT2D eigenvalue weighted by Crippen LogP contribution is 2.29. The summed E-state index contributed by atoms with van der Waals surface area (Å²) in [6.07, 6.45) is 2.68. The molecule has 0 aromatic heterocycles. The van der Waals surface area contributed by atoms with Crippen LogP contribution in [0.4, 0.5) is 10.5 Å². The van der Waals surface area contributed by atoms with Crippen molar-refractivity contribution >= 4 is 17.4 Å². The molecule has 1 atom stereocenters. The first-order valence-corrected chi connectivity index (χ1v) is 9.46. The smallest absolute Gasteiger partial charge is 0.410 e. The Bertz CT molecular complexity index is 631. The fraction of sp³-hybridized carbons (Fsp3) is 0.571. The molecule has 5 nitrogen and oxygen atoms in total. The average Bonchev–Trinajstić information content (AvgIpc) is 2.61. The van der Waals surface area contributed by atoms with Crippen molar-refractivity contribution in [1.29, 1.82) is 0 Å². The summed E-state index contributed by atoms with van der Waals surface area (Å²) < 4.78 is 5.43. The van der Waals surface area contributed by atoms with Crippen molar-refractivity contribution < 1.29 is 9.53 Å². The third kappa shape index (κ3) is 6.06. The van der Waals surface area contributed by atoms with Crippen LogP contribution in [0.2, 0.25) is 0 Å². The van der Waals surface area contributed by atoms with Crippen molar-refractivity contribution in [3.8, 4) is 0 Å². The molecule has 3 N–H and O–H groups in total. The van der Waals surface area contributed by atoms with E-state index in [1.54, 1.807) is 4.90 Å². The van der Waals surface area contributed by atoms with E-state index in [2.05, 4.69) is 29.6 Å². The summed E-state index contributed by atoms with van der Waals surface area (Å²) in [6.45, 7) is 12.9. The second kappa shape index (κ2) is 9.62. The van der Waals surface area contributed by atoms with Crippen LogP contribution in [0.25, 0.3) is 5.57 Å². The van der Waals surface area contributed by atoms with Crippen molar-refractivity contribution in [2.45, 2.75) is 59.6 Å². The Morgan fingerprint density at radius 1 is 1.31 bits per heavy atom. The Kier molecular flexibility index (Phi) is 8.15. The van der Waals surface area contributed by atoms with Crippen LogP contribution in [0.3, 0.4) is 0 Å². The molecule has 1 unspecified atom stereocenters. The molecule has 1 aliphatic heterocycles. The van der Waals surface area contributed by atoms with E-state index in [1.165, 1.54) is 11.1 Å². The highest BCUT2D eigenvalue weighted by Gasteiger charge is 2.24. The SMILES string of the molecule is CC.CNc1cc(C2=CCN(C(=O)OC(C)(C)C)CC2)ccc1C(C)N. The van der Waals surface area contributed by atoms with Crippen LogP contribution in [0, 0.1) is 0 Å². The molecule has 0 radical (unpaired) electrons. The molecule has 1 aromatic rings. The monoisotopic (exact) mass is 361 g/mol. The predicted octanol–water partition coefficient (Wildman–Crippen LogP) is 4.80. The number of nitrogens with one attached hydrogen (secondary N) is 1. The number of rotatable bonds is 3. The highest BCUT2D eigenvalue weighted by molar-refractivity contribution is 5.74. The van der Waals surface area contributed by atoms with Gasteiger partial charge >= 0.3 is 6.09 Å². The van der Waals surface area contributed by atoms with Gasteiger partial charge < -0.3 is 20.7 Å². The third-order valence-electron chi connectivity index (χ3n) is 4.04. The van der Waals surface area contributed by atoms with Crippen molar-refractivity contribution in [2.75, 3.05) is 25.5 Å². The normalized spacial score (nSPS) is 15.4. The lowest BCUT2D eigenvalue weighted by molar-refractivity contribution is 0.0270. The Morgan fingerprint density at radius 2 is 1.96 bits per heavy atom. The van der Waals surface area contributed by atoms with Gasteiger partial charge in [0.1, 0.15) is 5.60 Å². The van der Waals surface area contributed by atoms with E-state index in [0.717, 1.165) is 17.7 Å². The molecule has 0 bridgehead atoms. The molecule has 1 amide bonds. The van der Waals surface area contributed by atoms with E-state index in [9.17, 15) is 4.79 Å². The van der Waals surface area contributed by atoms with Crippen molar-refractivity contribution in [1.82, 2.24) is 4.90 Å². The first kappa shape index (κ1) is 22.0. The Balaban J connectivity index is 0.00000163. The molecule has 0 aliphatic carbocycles. The van der Waals surface area contributed by atoms with Gasteiger partial charge in [-0.15, -0.1) is 0 Å². The number of nitrogens with two attached hydrogens (primary N) is 1. The minimum absolute atomic E-state index is 0.00973. The van der Waals surface area contributed by atoms with Crippen LogP contribution in [0.5, 0.6) is 0 Å². The Labute approximate surface area is 158 Å². The number of hydrogen-bond donors (Lipinski definition) is 2. The lowest BCUT2D eigenvalue weighted by atomic mass is 9.96. The maximum atomic E-state index is 12.1. The molecule has 0 fully saturated rings. The molecule has 26 heavy (non-hydrogen) atoms. The summed E-state index contributed by atoms with van der Waals surface area (Å²) >= 11 is 0. The minimum atomic E-state index is -0.461. The fourth-order valence-electron chi connectivity index (χ4n) is 2.79. The number of benzene rings is 1. The van der Waals surface area contributed by atoms with Crippen LogP contribution >= 0.6 is 0 Å². The Hall–Kier alpha value is -2.01. The van der Waals surface area contributed by atoms with E-state index in [4.69, 9.17) is 10.5 Å². The minimum Gasteiger partial charge on any atom is -0.444 e. The largest absolute Gasteiger partial charge is 0.444 e. The summed E-state index contributed by atoms with van der Waals surface area (Å²) in [5.74, 6) is 0. The zero-order valence-corrected chi connectivity index (χ0v) is 17.3. The Morgan fingerprint density at radius 3 is 2.42 bits per heavy atom. The number of carbonyl (C=O) groups excluding carboxylic acids is 1. The van der Waals surface area contributed by atoms with Gasteiger partial charge in [0.2, 0.25) is 0 Å². The van der Waals surface area contributed by atoms with Gasteiger partial charge in [-0.05, 0) is 56.9 Å². The predicted molar refractivity (Wildman–Crippen MR) is 110 cm³/mol. The number of amides is 1. The maximum absolute atomic E-state index is 12.1. The molecular formula is C21H35N3O2. The molecule has 5 heteroatoms. The average molecular weight is 362 g/mol. The second-order valence-corrected chi connectivity index (χ2v) is 7.25. The molecule has 1 heterocycles. The second-order valence-electron chi connectivity index (χ2n) is 7.25. The topological polar surface area (TPSA) is 67.6 Å². The summed E-state index contributed by atoms with van der Waals surface area (Å²) in [7, 11) is 1.91. The van der Waals surface area contributed by atoms with Crippen LogP contribution in [-0.2, 0) is 4.74 Å². The molecular weight excluding hydrogens is 326 g/mol. The molecule has 1 aliphatic rings. The van der Waals surface area contributed by atoms with Gasteiger partial charge in [0.25, 0.3) is 0 Å². The number of ether oxygens (including phenoxy) is 1. The summed E-state index contributed by atoms with van der Waals surface area (Å²) in [6, 6.07) is 6.30. The van der Waals surface area contributed by atoms with Gasteiger partial charge in [0.05, 0.1) is 0 Å². The van der Waals surface area contributed by atoms with Gasteiger partial charge in [-0.3, -0.25) is 0 Å². The number of hydrogen-bond acceptors (Lipinski definition) is 4. The third-order valence-corrected chi connectivity index (χ3v) is 4.04. The first-order valence-electron chi connectivity index (χ1n) is 9.46. The zero-order chi connectivity index (χ0) is 19.9. The maximum Gasteiger partial charge on any atom is 0.410 e. The molecule has 0 saturated carbocycles. The lowest BCUT2D eigenvalue weighted by Gasteiger charge is -2.29. The number of carbonyl (C=O) groups is 1. The quantitative estimate of drug-likeness (QED) is 0.811. The highest BCUT2D eigenvalue weighted by atomic mass is 16.6. The molecule has 2 rings (SSSR count). The summed E-state index contributed by atoms with van der Waals surface area (Å²) in [4.78, 5) is 13.9. The molecule has 1 aromatic carbocycles. The van der Waals surface area contributed by atoms with Crippen molar-refractivity contribution in [2.24, 2.45) is 5.73 Å². The van der Waals surface area contributed by atoms with E-state index in [1.807, 2.05) is 48.6 Å². The zero-order valence-electron chi connectivity index (χ0n) is 17.3. The van der Waals surface area contributed by atoms with Crippen LogP contribution in [-0.4, -0.2) is 36.7 Å². The fourth-order valence-corrected chi connectivity index (χ4v) is 2.79. The van der Waals surface area contributed by atoms with Gasteiger partial charge in [-0.25, -0.2) is 4.79 Å². The number of anilines is 1. The summed E-state index contributed by atoms with van der Waals surface area (Å²) in [5, 5.41) is 3.22. The molecule has 0 saturated heterocycles. The van der Waals surface area contributed by atoms with Gasteiger partial charge in [-0.2, -0.15) is 0 Å². The van der Waals surface area contributed by atoms with Crippen LogP contribution in [0.1, 0.15) is 65.1 Å². The molecule has 146 valence electrons. The lowest BCUT2D eigenvalue weighted by Crippen LogP contribution is -2.39. The first-order chi connectivity index (χ1) is 12.2. The van der Waals surface area contributed by atoms with Gasteiger partial charge in [0.15, 0.2) is 0 Å². The van der Waals surface area contributed by atoms with Crippen LogP contribution < -0.4 is 11.1 Å². The van der Waals surface area contributed by atoms with Crippen LogP contribution in [0.15, 0.2) is 24.3 Å². The standard InChI is InChI=1S/C19H29N3O2.C2H6/c1-13(20)16-7-6-15(12-17(16)21-5)14-8-10-22(11-9-14)18(23)24-19(2,3)4;1-2/h6-8,12-13,21H,9-11,20H2,1-5H3;1-2H3. The van der Waals surface area contributed by atoms with Gasteiger partial charge in [-0.1, -0.05) is 32.1 Å². The summed E-state index contributed by atoms with van der Waals surface area (Å²) in [5.41, 5.74) is 10.1. The number of nitrogens with zero attached hydrogens (tertiary/aromatic N) is 1.